The Kier molecular flexibility index (Phi) is 5.60. The van der Waals surface area contributed by atoms with E-state index in [9.17, 15) is 26.4 Å². The summed E-state index contributed by atoms with van der Waals surface area (Å²) in [5.74, 6) is -0.212. The topological polar surface area (TPSA) is 84.9 Å². The minimum atomic E-state index is -4.87. The van der Waals surface area contributed by atoms with Crippen molar-refractivity contribution < 1.29 is 35.9 Å². The van der Waals surface area contributed by atoms with Gasteiger partial charge in [-0.25, -0.2) is 8.42 Å². The molecule has 0 unspecified atom stereocenters. The maximum absolute atomic E-state index is 12.6. The fourth-order valence-corrected chi connectivity index (χ4v) is 3.95. The molecule has 1 fully saturated rings. The first kappa shape index (κ1) is 20.8. The normalized spacial score (nSPS) is 14.8. The van der Waals surface area contributed by atoms with Gasteiger partial charge in [-0.3, -0.25) is 9.52 Å². The number of carbonyl (C=O) groups excluding carboxylic acids is 1. The van der Waals surface area contributed by atoms with Crippen LogP contribution in [0.5, 0.6) is 11.5 Å². The molecule has 11 heteroatoms. The molecule has 0 spiro atoms. The van der Waals surface area contributed by atoms with Crippen molar-refractivity contribution in [2.24, 2.45) is 0 Å². The molecule has 2 aromatic rings. The SMILES string of the molecule is COc1ccc(NS(=O)(=O)c2ccc(OC(F)(F)F)cc2)cc1N1CCCC1=O. The highest BCUT2D eigenvalue weighted by molar-refractivity contribution is 7.92. The highest BCUT2D eigenvalue weighted by Crippen LogP contribution is 2.34. The summed E-state index contributed by atoms with van der Waals surface area (Å²) in [5, 5.41) is 0. The number of nitrogens with zero attached hydrogens (tertiary/aromatic N) is 1. The third-order valence-electron chi connectivity index (χ3n) is 4.16. The van der Waals surface area contributed by atoms with Crippen LogP contribution in [0.1, 0.15) is 12.8 Å². The number of amides is 1. The van der Waals surface area contributed by atoms with Crippen LogP contribution < -0.4 is 19.1 Å². The number of rotatable bonds is 6. The Morgan fingerprint density at radius 1 is 1.10 bits per heavy atom. The van der Waals surface area contributed by atoms with E-state index in [2.05, 4.69) is 9.46 Å². The Balaban J connectivity index is 1.84. The Morgan fingerprint density at radius 3 is 2.34 bits per heavy atom. The van der Waals surface area contributed by atoms with E-state index in [1.54, 1.807) is 0 Å². The number of halogens is 3. The zero-order valence-corrected chi connectivity index (χ0v) is 16.0. The summed E-state index contributed by atoms with van der Waals surface area (Å²) in [6.45, 7) is 0.492. The van der Waals surface area contributed by atoms with Gasteiger partial charge < -0.3 is 14.4 Å². The molecule has 1 N–H and O–H groups in total. The highest BCUT2D eigenvalue weighted by Gasteiger charge is 2.31. The molecule has 3 rings (SSSR count). The number of carbonyl (C=O) groups is 1. The van der Waals surface area contributed by atoms with E-state index < -0.39 is 22.1 Å². The Labute approximate surface area is 165 Å². The van der Waals surface area contributed by atoms with Gasteiger partial charge in [-0.2, -0.15) is 0 Å². The van der Waals surface area contributed by atoms with Crippen molar-refractivity contribution in [2.75, 3.05) is 23.3 Å². The van der Waals surface area contributed by atoms with E-state index >= 15 is 0 Å². The average Bonchev–Trinajstić information content (AvgIpc) is 3.06. The molecule has 1 saturated heterocycles. The fourth-order valence-electron chi connectivity index (χ4n) is 2.90. The van der Waals surface area contributed by atoms with Gasteiger partial charge in [0.15, 0.2) is 0 Å². The van der Waals surface area contributed by atoms with Crippen molar-refractivity contribution in [2.45, 2.75) is 24.1 Å². The zero-order valence-electron chi connectivity index (χ0n) is 15.2. The molecule has 1 amide bonds. The third kappa shape index (κ3) is 4.91. The summed E-state index contributed by atoms with van der Waals surface area (Å²) in [5.41, 5.74) is 0.611. The van der Waals surface area contributed by atoms with Gasteiger partial charge in [0.2, 0.25) is 5.91 Å². The van der Waals surface area contributed by atoms with Gasteiger partial charge in [0.25, 0.3) is 10.0 Å². The van der Waals surface area contributed by atoms with Crippen LogP contribution >= 0.6 is 0 Å². The minimum absolute atomic E-state index is 0.0939. The summed E-state index contributed by atoms with van der Waals surface area (Å²) < 4.78 is 73.1. The second kappa shape index (κ2) is 7.82. The van der Waals surface area contributed by atoms with Crippen molar-refractivity contribution in [1.29, 1.82) is 0 Å². The Hall–Kier alpha value is -2.95. The average molecular weight is 430 g/mol. The lowest BCUT2D eigenvalue weighted by Gasteiger charge is -2.20. The molecule has 2 aromatic carbocycles. The van der Waals surface area contributed by atoms with Gasteiger partial charge in [0, 0.05) is 13.0 Å². The molecular formula is C18H17F3N2O5S. The van der Waals surface area contributed by atoms with Crippen LogP contribution in [0.25, 0.3) is 0 Å². The number of benzene rings is 2. The quantitative estimate of drug-likeness (QED) is 0.758. The maximum Gasteiger partial charge on any atom is 0.573 e. The molecule has 7 nitrogen and oxygen atoms in total. The van der Waals surface area contributed by atoms with E-state index in [0.717, 1.165) is 24.3 Å². The molecule has 0 aliphatic carbocycles. The molecule has 29 heavy (non-hydrogen) atoms. The van der Waals surface area contributed by atoms with Crippen molar-refractivity contribution in [1.82, 2.24) is 0 Å². The van der Waals surface area contributed by atoms with Gasteiger partial charge in [-0.05, 0) is 48.9 Å². The van der Waals surface area contributed by atoms with Crippen LogP contribution in [0.15, 0.2) is 47.4 Å². The van der Waals surface area contributed by atoms with Gasteiger partial charge in [-0.1, -0.05) is 0 Å². The number of methoxy groups -OCH3 is 1. The van der Waals surface area contributed by atoms with E-state index in [-0.39, 0.29) is 16.5 Å². The fraction of sp³-hybridized carbons (Fsp3) is 0.278. The Bertz CT molecular complexity index is 1010. The van der Waals surface area contributed by atoms with Crippen molar-refractivity contribution in [3.05, 3.63) is 42.5 Å². The lowest BCUT2D eigenvalue weighted by Crippen LogP contribution is -2.24. The predicted molar refractivity (Wildman–Crippen MR) is 98.5 cm³/mol. The van der Waals surface area contributed by atoms with E-state index in [0.29, 0.717) is 30.8 Å². The lowest BCUT2D eigenvalue weighted by molar-refractivity contribution is -0.274. The summed E-state index contributed by atoms with van der Waals surface area (Å²) in [6.07, 6.45) is -3.79. The third-order valence-corrected chi connectivity index (χ3v) is 5.56. The molecule has 0 atom stereocenters. The second-order valence-corrected chi connectivity index (χ2v) is 7.84. The van der Waals surface area contributed by atoms with Gasteiger partial charge in [0.1, 0.15) is 11.5 Å². The van der Waals surface area contributed by atoms with Gasteiger partial charge >= 0.3 is 6.36 Å². The van der Waals surface area contributed by atoms with E-state index in [1.165, 1.54) is 30.2 Å². The predicted octanol–water partition coefficient (Wildman–Crippen LogP) is 3.52. The monoisotopic (exact) mass is 430 g/mol. The molecule has 1 heterocycles. The molecular weight excluding hydrogens is 413 g/mol. The Morgan fingerprint density at radius 2 is 1.79 bits per heavy atom. The number of alkyl halides is 3. The first-order chi connectivity index (χ1) is 13.6. The molecule has 0 saturated carbocycles. The van der Waals surface area contributed by atoms with Crippen LogP contribution in [0.3, 0.4) is 0 Å². The second-order valence-electron chi connectivity index (χ2n) is 6.16. The number of hydrogen-bond acceptors (Lipinski definition) is 5. The van der Waals surface area contributed by atoms with Crippen LogP contribution in [-0.4, -0.2) is 34.3 Å². The highest BCUT2D eigenvalue weighted by atomic mass is 32.2. The smallest absolute Gasteiger partial charge is 0.495 e. The summed E-state index contributed by atoms with van der Waals surface area (Å²) in [7, 11) is -2.64. The molecule has 156 valence electrons. The maximum atomic E-state index is 12.6. The molecule has 0 bridgehead atoms. The van der Waals surface area contributed by atoms with Crippen LogP contribution in [0, 0.1) is 0 Å². The number of anilines is 2. The van der Waals surface area contributed by atoms with E-state index in [4.69, 9.17) is 4.74 Å². The molecule has 1 aliphatic heterocycles. The van der Waals surface area contributed by atoms with Crippen molar-refractivity contribution in [3.63, 3.8) is 0 Å². The minimum Gasteiger partial charge on any atom is -0.495 e. The number of nitrogens with one attached hydrogen (secondary N) is 1. The van der Waals surface area contributed by atoms with Crippen LogP contribution in [-0.2, 0) is 14.8 Å². The van der Waals surface area contributed by atoms with Gasteiger partial charge in [0.05, 0.1) is 23.4 Å². The number of sulfonamides is 1. The first-order valence-electron chi connectivity index (χ1n) is 8.46. The molecule has 0 aromatic heterocycles. The standard InChI is InChI=1S/C18H17F3N2O5S/c1-27-16-9-4-12(11-15(16)23-10-2-3-17(23)24)22-29(25,26)14-7-5-13(6-8-14)28-18(19,20)21/h4-9,11,22H,2-3,10H2,1H3. The van der Waals surface area contributed by atoms with E-state index in [1.807, 2.05) is 0 Å². The van der Waals surface area contributed by atoms with Crippen LogP contribution in [0.4, 0.5) is 24.5 Å². The number of hydrogen-bond donors (Lipinski definition) is 1. The summed E-state index contributed by atoms with van der Waals surface area (Å²) in [6, 6.07) is 8.27. The van der Waals surface area contributed by atoms with Crippen LogP contribution in [0.2, 0.25) is 0 Å². The first-order valence-corrected chi connectivity index (χ1v) is 9.94. The number of ether oxygens (including phenoxy) is 2. The summed E-state index contributed by atoms with van der Waals surface area (Å²) >= 11 is 0. The zero-order chi connectivity index (χ0) is 21.2. The van der Waals surface area contributed by atoms with Crippen molar-refractivity contribution in [3.8, 4) is 11.5 Å². The van der Waals surface area contributed by atoms with Gasteiger partial charge in [-0.15, -0.1) is 13.2 Å². The largest absolute Gasteiger partial charge is 0.573 e. The lowest BCUT2D eigenvalue weighted by atomic mass is 10.2. The molecule has 0 radical (unpaired) electrons. The molecule has 1 aliphatic rings. The van der Waals surface area contributed by atoms with Crippen molar-refractivity contribution >= 4 is 27.3 Å². The summed E-state index contributed by atoms with van der Waals surface area (Å²) in [4.78, 5) is 13.3.